The van der Waals surface area contributed by atoms with E-state index in [1.54, 1.807) is 6.07 Å². The summed E-state index contributed by atoms with van der Waals surface area (Å²) in [7, 11) is -2.14. The van der Waals surface area contributed by atoms with Crippen LogP contribution in [0.1, 0.15) is 6.92 Å². The first-order chi connectivity index (χ1) is 9.90. The molecule has 0 aliphatic carbocycles. The summed E-state index contributed by atoms with van der Waals surface area (Å²) in [5.74, 6) is 0.300. The van der Waals surface area contributed by atoms with Crippen LogP contribution in [0.5, 0.6) is 5.75 Å². The Morgan fingerprint density at radius 1 is 1.29 bits per heavy atom. The second kappa shape index (κ2) is 6.51. The Labute approximate surface area is 134 Å². The van der Waals surface area contributed by atoms with Crippen molar-refractivity contribution in [3.63, 3.8) is 0 Å². The van der Waals surface area contributed by atoms with E-state index in [2.05, 4.69) is 27.8 Å². The van der Waals surface area contributed by atoms with Crippen molar-refractivity contribution < 1.29 is 13.2 Å². The van der Waals surface area contributed by atoms with Gasteiger partial charge in [0, 0.05) is 36.3 Å². The highest BCUT2D eigenvalue weighted by Crippen LogP contribution is 2.34. The fraction of sp³-hybridized carbons (Fsp3) is 0.538. The SMILES string of the molecule is CCN1CCN(S(=O)(=O)c2cc(N)c(Br)cc2OC)CC1. The van der Waals surface area contributed by atoms with E-state index in [-0.39, 0.29) is 4.90 Å². The first-order valence-corrected chi connectivity index (χ1v) is 8.99. The molecule has 1 aliphatic rings. The molecule has 0 saturated carbocycles. The predicted molar refractivity (Wildman–Crippen MR) is 86.0 cm³/mol. The van der Waals surface area contributed by atoms with Crippen molar-refractivity contribution in [3.8, 4) is 5.75 Å². The number of nitrogen functional groups attached to an aromatic ring is 1. The number of likely N-dealkylation sites (N-methyl/N-ethyl adjacent to an activating group) is 1. The highest BCUT2D eigenvalue weighted by molar-refractivity contribution is 9.10. The first kappa shape index (κ1) is 16.5. The predicted octanol–water partition coefficient (Wildman–Crippen LogP) is 1.37. The third kappa shape index (κ3) is 3.33. The molecule has 118 valence electrons. The van der Waals surface area contributed by atoms with Gasteiger partial charge in [-0.25, -0.2) is 8.42 Å². The van der Waals surface area contributed by atoms with Gasteiger partial charge >= 0.3 is 0 Å². The number of rotatable bonds is 4. The lowest BCUT2D eigenvalue weighted by Gasteiger charge is -2.33. The second-order valence-electron chi connectivity index (χ2n) is 4.86. The number of piperazine rings is 1. The number of ether oxygens (including phenoxy) is 1. The second-order valence-corrected chi connectivity index (χ2v) is 7.62. The Balaban J connectivity index is 2.34. The summed E-state index contributed by atoms with van der Waals surface area (Å²) in [5, 5.41) is 0. The van der Waals surface area contributed by atoms with E-state index in [4.69, 9.17) is 10.5 Å². The van der Waals surface area contributed by atoms with Crippen LogP contribution in [0.2, 0.25) is 0 Å². The molecule has 2 rings (SSSR count). The van der Waals surface area contributed by atoms with Gasteiger partial charge in [-0.3, -0.25) is 0 Å². The molecule has 1 heterocycles. The van der Waals surface area contributed by atoms with E-state index in [0.717, 1.165) is 19.6 Å². The van der Waals surface area contributed by atoms with Crippen molar-refractivity contribution in [2.24, 2.45) is 0 Å². The number of sulfonamides is 1. The summed E-state index contributed by atoms with van der Waals surface area (Å²) in [5.41, 5.74) is 6.20. The molecule has 8 heteroatoms. The molecule has 0 bridgehead atoms. The summed E-state index contributed by atoms with van der Waals surface area (Å²) in [4.78, 5) is 2.34. The van der Waals surface area contributed by atoms with Crippen LogP contribution >= 0.6 is 15.9 Å². The minimum Gasteiger partial charge on any atom is -0.495 e. The maximum atomic E-state index is 12.8. The average Bonchev–Trinajstić information content (AvgIpc) is 2.49. The monoisotopic (exact) mass is 377 g/mol. The number of nitrogens with zero attached hydrogens (tertiary/aromatic N) is 2. The van der Waals surface area contributed by atoms with Crippen molar-refractivity contribution in [1.29, 1.82) is 0 Å². The fourth-order valence-corrected chi connectivity index (χ4v) is 4.25. The molecule has 1 saturated heterocycles. The Bertz CT molecular complexity index is 613. The molecule has 0 unspecified atom stereocenters. The molecule has 2 N–H and O–H groups in total. The van der Waals surface area contributed by atoms with Gasteiger partial charge in [0.05, 0.1) is 7.11 Å². The Morgan fingerprint density at radius 2 is 1.90 bits per heavy atom. The lowest BCUT2D eigenvalue weighted by molar-refractivity contribution is 0.196. The van der Waals surface area contributed by atoms with Crippen LogP contribution in [0, 0.1) is 0 Å². The molecule has 1 aromatic carbocycles. The number of nitrogens with two attached hydrogens (primary N) is 1. The number of benzene rings is 1. The minimum absolute atomic E-state index is 0.121. The summed E-state index contributed by atoms with van der Waals surface area (Å²) in [6, 6.07) is 3.04. The molecule has 21 heavy (non-hydrogen) atoms. The molecule has 0 radical (unpaired) electrons. The molecule has 1 fully saturated rings. The lowest BCUT2D eigenvalue weighted by atomic mass is 10.3. The van der Waals surface area contributed by atoms with E-state index in [0.29, 0.717) is 29.0 Å². The Morgan fingerprint density at radius 3 is 2.43 bits per heavy atom. The minimum atomic E-state index is -3.59. The topological polar surface area (TPSA) is 75.9 Å². The van der Waals surface area contributed by atoms with Crippen LogP contribution in [0.25, 0.3) is 0 Å². The molecule has 0 aromatic heterocycles. The number of hydrogen-bond donors (Lipinski definition) is 1. The van der Waals surface area contributed by atoms with Crippen molar-refractivity contribution in [2.45, 2.75) is 11.8 Å². The number of methoxy groups -OCH3 is 1. The fourth-order valence-electron chi connectivity index (χ4n) is 2.34. The lowest BCUT2D eigenvalue weighted by Crippen LogP contribution is -2.48. The van der Waals surface area contributed by atoms with E-state index in [9.17, 15) is 8.42 Å². The van der Waals surface area contributed by atoms with Gasteiger partial charge in [-0.05, 0) is 34.6 Å². The summed E-state index contributed by atoms with van der Waals surface area (Å²) >= 11 is 3.28. The molecule has 6 nitrogen and oxygen atoms in total. The Kier molecular flexibility index (Phi) is 5.13. The van der Waals surface area contributed by atoms with Crippen LogP contribution in [-0.4, -0.2) is 57.5 Å². The summed E-state index contributed by atoms with van der Waals surface area (Å²) in [6.45, 7) is 5.45. The van der Waals surface area contributed by atoms with E-state index < -0.39 is 10.0 Å². The van der Waals surface area contributed by atoms with E-state index in [1.165, 1.54) is 17.5 Å². The van der Waals surface area contributed by atoms with Gasteiger partial charge in [-0.15, -0.1) is 0 Å². The van der Waals surface area contributed by atoms with Crippen LogP contribution in [0.4, 0.5) is 5.69 Å². The van der Waals surface area contributed by atoms with Gasteiger partial charge in [0.25, 0.3) is 0 Å². The standard InChI is InChI=1S/C13H20BrN3O3S/c1-3-16-4-6-17(7-5-16)21(18,19)13-9-11(15)10(14)8-12(13)20-2/h8-9H,3-7,15H2,1-2H3. The zero-order valence-electron chi connectivity index (χ0n) is 12.2. The van der Waals surface area contributed by atoms with Crippen LogP contribution < -0.4 is 10.5 Å². The quantitative estimate of drug-likeness (QED) is 0.801. The van der Waals surface area contributed by atoms with Gasteiger partial charge in [-0.1, -0.05) is 6.92 Å². The van der Waals surface area contributed by atoms with Crippen molar-refractivity contribution in [1.82, 2.24) is 9.21 Å². The molecular formula is C13H20BrN3O3S. The smallest absolute Gasteiger partial charge is 0.246 e. The van der Waals surface area contributed by atoms with Crippen LogP contribution in [0.3, 0.4) is 0 Å². The normalized spacial score (nSPS) is 17.9. The highest BCUT2D eigenvalue weighted by atomic mass is 79.9. The number of anilines is 1. The largest absolute Gasteiger partial charge is 0.495 e. The van der Waals surface area contributed by atoms with Crippen LogP contribution in [0.15, 0.2) is 21.5 Å². The third-order valence-corrected chi connectivity index (χ3v) is 6.29. The van der Waals surface area contributed by atoms with Gasteiger partial charge in [0.15, 0.2) is 0 Å². The van der Waals surface area contributed by atoms with E-state index >= 15 is 0 Å². The van der Waals surface area contributed by atoms with Gasteiger partial charge < -0.3 is 15.4 Å². The molecule has 1 aliphatic heterocycles. The van der Waals surface area contributed by atoms with Gasteiger partial charge in [-0.2, -0.15) is 4.31 Å². The Hall–Kier alpha value is -0.830. The summed E-state index contributed by atoms with van der Waals surface area (Å²) in [6.07, 6.45) is 0. The highest BCUT2D eigenvalue weighted by Gasteiger charge is 2.31. The molecule has 0 amide bonds. The first-order valence-electron chi connectivity index (χ1n) is 6.75. The van der Waals surface area contributed by atoms with E-state index in [1.807, 2.05) is 0 Å². The number of hydrogen-bond acceptors (Lipinski definition) is 5. The third-order valence-electron chi connectivity index (χ3n) is 3.68. The molecule has 0 spiro atoms. The zero-order chi connectivity index (χ0) is 15.6. The maximum Gasteiger partial charge on any atom is 0.246 e. The maximum absolute atomic E-state index is 12.8. The van der Waals surface area contributed by atoms with Crippen molar-refractivity contribution in [3.05, 3.63) is 16.6 Å². The molecular weight excluding hydrogens is 358 g/mol. The van der Waals surface area contributed by atoms with Gasteiger partial charge in [0.1, 0.15) is 10.6 Å². The molecule has 1 aromatic rings. The van der Waals surface area contributed by atoms with Crippen LogP contribution in [-0.2, 0) is 10.0 Å². The average molecular weight is 378 g/mol. The summed E-state index contributed by atoms with van der Waals surface area (Å²) < 4.78 is 32.9. The number of halogens is 1. The zero-order valence-corrected chi connectivity index (χ0v) is 14.6. The van der Waals surface area contributed by atoms with Crippen molar-refractivity contribution in [2.75, 3.05) is 45.6 Å². The van der Waals surface area contributed by atoms with Gasteiger partial charge in [0.2, 0.25) is 10.0 Å². The molecule has 0 atom stereocenters. The van der Waals surface area contributed by atoms with Crippen molar-refractivity contribution >= 4 is 31.6 Å².